The number of carbonyl (C=O) groups is 1. The molecule has 1 aromatic rings. The fourth-order valence-corrected chi connectivity index (χ4v) is 1.88. The van der Waals surface area contributed by atoms with Crippen LogP contribution in [0.2, 0.25) is 0 Å². The third-order valence-electron chi connectivity index (χ3n) is 3.20. The number of hydrogen-bond donors (Lipinski definition) is 3. The van der Waals surface area contributed by atoms with Crippen molar-refractivity contribution >= 4 is 11.7 Å². The number of carbonyl (C=O) groups excluding carboxylic acids is 1. The van der Waals surface area contributed by atoms with Crippen molar-refractivity contribution in [3.8, 4) is 5.75 Å². The molecule has 0 fully saturated rings. The average Bonchev–Trinajstić information content (AvgIpc) is 2.40. The predicted molar refractivity (Wildman–Crippen MR) is 84.9 cm³/mol. The van der Waals surface area contributed by atoms with Gasteiger partial charge in [-0.2, -0.15) is 0 Å². The molecule has 118 valence electrons. The van der Waals surface area contributed by atoms with Crippen LogP contribution in [0.4, 0.5) is 10.5 Å². The second-order valence-electron chi connectivity index (χ2n) is 5.88. The Morgan fingerprint density at radius 2 is 2.10 bits per heavy atom. The Morgan fingerprint density at radius 3 is 2.71 bits per heavy atom. The van der Waals surface area contributed by atoms with Crippen molar-refractivity contribution in [2.24, 2.45) is 5.41 Å². The van der Waals surface area contributed by atoms with Crippen LogP contribution in [0.15, 0.2) is 18.2 Å². The Kier molecular flexibility index (Phi) is 6.49. The molecule has 21 heavy (non-hydrogen) atoms. The molecular weight excluding hydrogens is 268 g/mol. The number of amides is 2. The molecule has 1 aromatic carbocycles. The lowest BCUT2D eigenvalue weighted by molar-refractivity contribution is 0.204. The van der Waals surface area contributed by atoms with Gasteiger partial charge in [-0.3, -0.25) is 0 Å². The molecule has 2 amide bonds. The molecule has 0 radical (unpaired) electrons. The Hall–Kier alpha value is -1.75. The number of nitrogens with one attached hydrogen (secondary N) is 2. The number of benzene rings is 1. The lowest BCUT2D eigenvalue weighted by atomic mass is 9.90. The summed E-state index contributed by atoms with van der Waals surface area (Å²) < 4.78 is 5.53. The molecule has 0 spiro atoms. The molecule has 0 aromatic heterocycles. The second-order valence-corrected chi connectivity index (χ2v) is 5.88. The van der Waals surface area contributed by atoms with Gasteiger partial charge >= 0.3 is 6.03 Å². The van der Waals surface area contributed by atoms with Gasteiger partial charge in [0.05, 0.1) is 12.3 Å². The van der Waals surface area contributed by atoms with Gasteiger partial charge in [0, 0.05) is 13.2 Å². The van der Waals surface area contributed by atoms with Crippen LogP contribution in [0.3, 0.4) is 0 Å². The van der Waals surface area contributed by atoms with Crippen molar-refractivity contribution in [1.82, 2.24) is 5.32 Å². The summed E-state index contributed by atoms with van der Waals surface area (Å²) in [7, 11) is 0. The van der Waals surface area contributed by atoms with Crippen molar-refractivity contribution in [2.75, 3.05) is 25.1 Å². The maximum Gasteiger partial charge on any atom is 0.319 e. The molecule has 0 saturated carbocycles. The van der Waals surface area contributed by atoms with Crippen LogP contribution in [-0.2, 0) is 0 Å². The lowest BCUT2D eigenvalue weighted by Crippen LogP contribution is -2.37. The molecule has 0 bridgehead atoms. The minimum atomic E-state index is -0.272. The predicted octanol–water partition coefficient (Wildman–Crippen LogP) is 2.92. The summed E-state index contributed by atoms with van der Waals surface area (Å²) in [6, 6.07) is 5.38. The molecular formula is C16H26N2O3. The van der Waals surface area contributed by atoms with E-state index in [0.717, 1.165) is 5.56 Å². The SMILES string of the molecule is CCOc1cc(C)ccc1NC(=O)NCC(C)(C)CCO. The topological polar surface area (TPSA) is 70.6 Å². The van der Waals surface area contributed by atoms with Gasteiger partial charge in [0.25, 0.3) is 0 Å². The van der Waals surface area contributed by atoms with E-state index in [0.29, 0.717) is 31.0 Å². The number of ether oxygens (including phenoxy) is 1. The van der Waals surface area contributed by atoms with Crippen molar-refractivity contribution in [2.45, 2.75) is 34.1 Å². The number of rotatable bonds is 7. The van der Waals surface area contributed by atoms with Crippen LogP contribution in [-0.4, -0.2) is 30.9 Å². The van der Waals surface area contributed by atoms with Crippen LogP contribution < -0.4 is 15.4 Å². The standard InChI is InChI=1S/C16H26N2O3/c1-5-21-14-10-12(2)6-7-13(14)18-15(20)17-11-16(3,4)8-9-19/h6-7,10,19H,5,8-9,11H2,1-4H3,(H2,17,18,20). The number of urea groups is 1. The van der Waals surface area contributed by atoms with E-state index < -0.39 is 0 Å². The van der Waals surface area contributed by atoms with E-state index in [1.807, 2.05) is 45.9 Å². The first-order chi connectivity index (χ1) is 9.88. The summed E-state index contributed by atoms with van der Waals surface area (Å²) in [5.74, 6) is 0.669. The fraction of sp³-hybridized carbons (Fsp3) is 0.562. The first kappa shape index (κ1) is 17.3. The molecule has 0 atom stereocenters. The number of anilines is 1. The smallest absolute Gasteiger partial charge is 0.319 e. The zero-order chi connectivity index (χ0) is 15.9. The van der Waals surface area contributed by atoms with Gasteiger partial charge in [0.15, 0.2) is 0 Å². The summed E-state index contributed by atoms with van der Waals surface area (Å²) in [5.41, 5.74) is 1.59. The first-order valence-electron chi connectivity index (χ1n) is 7.27. The van der Waals surface area contributed by atoms with Gasteiger partial charge < -0.3 is 20.5 Å². The molecule has 5 nitrogen and oxygen atoms in total. The van der Waals surface area contributed by atoms with Gasteiger partial charge in [-0.1, -0.05) is 19.9 Å². The molecule has 0 heterocycles. The van der Waals surface area contributed by atoms with E-state index in [1.165, 1.54) is 0 Å². The Balaban J connectivity index is 2.62. The molecule has 0 aliphatic rings. The van der Waals surface area contributed by atoms with E-state index in [4.69, 9.17) is 9.84 Å². The van der Waals surface area contributed by atoms with Crippen LogP contribution in [0.5, 0.6) is 5.75 Å². The summed E-state index contributed by atoms with van der Waals surface area (Å²) in [6.07, 6.45) is 0.641. The van der Waals surface area contributed by atoms with Crippen LogP contribution in [0, 0.1) is 12.3 Å². The summed E-state index contributed by atoms with van der Waals surface area (Å²) in [4.78, 5) is 12.0. The maximum atomic E-state index is 12.0. The number of aryl methyl sites for hydroxylation is 1. The van der Waals surface area contributed by atoms with Crippen molar-refractivity contribution in [1.29, 1.82) is 0 Å². The van der Waals surface area contributed by atoms with Crippen LogP contribution in [0.25, 0.3) is 0 Å². The molecule has 0 unspecified atom stereocenters. The molecule has 3 N–H and O–H groups in total. The highest BCUT2D eigenvalue weighted by atomic mass is 16.5. The van der Waals surface area contributed by atoms with Crippen molar-refractivity contribution < 1.29 is 14.6 Å². The number of aliphatic hydroxyl groups excluding tert-OH is 1. The molecule has 1 rings (SSSR count). The van der Waals surface area contributed by atoms with Crippen LogP contribution in [0.1, 0.15) is 32.8 Å². The largest absolute Gasteiger partial charge is 0.492 e. The first-order valence-corrected chi connectivity index (χ1v) is 7.27. The highest BCUT2D eigenvalue weighted by molar-refractivity contribution is 5.91. The minimum Gasteiger partial charge on any atom is -0.492 e. The van der Waals surface area contributed by atoms with Gasteiger partial charge in [-0.25, -0.2) is 4.79 Å². The Labute approximate surface area is 126 Å². The quantitative estimate of drug-likeness (QED) is 0.724. The zero-order valence-electron chi connectivity index (χ0n) is 13.3. The highest BCUT2D eigenvalue weighted by Crippen LogP contribution is 2.25. The molecule has 0 saturated heterocycles. The van der Waals surface area contributed by atoms with Gasteiger partial charge in [-0.15, -0.1) is 0 Å². The molecule has 5 heteroatoms. The van der Waals surface area contributed by atoms with Crippen LogP contribution >= 0.6 is 0 Å². The third-order valence-corrected chi connectivity index (χ3v) is 3.20. The minimum absolute atomic E-state index is 0.114. The third kappa shape index (κ3) is 6.04. The number of hydrogen-bond acceptors (Lipinski definition) is 3. The second kappa shape index (κ2) is 7.88. The van der Waals surface area contributed by atoms with Crippen molar-refractivity contribution in [3.05, 3.63) is 23.8 Å². The van der Waals surface area contributed by atoms with E-state index in [2.05, 4.69) is 10.6 Å². The maximum absolute atomic E-state index is 12.0. The van der Waals surface area contributed by atoms with Crippen molar-refractivity contribution in [3.63, 3.8) is 0 Å². The summed E-state index contributed by atoms with van der Waals surface area (Å²) in [6.45, 7) is 9.04. The monoisotopic (exact) mass is 294 g/mol. The summed E-state index contributed by atoms with van der Waals surface area (Å²) >= 11 is 0. The highest BCUT2D eigenvalue weighted by Gasteiger charge is 2.18. The Morgan fingerprint density at radius 1 is 1.38 bits per heavy atom. The van der Waals surface area contributed by atoms with E-state index >= 15 is 0 Å². The van der Waals surface area contributed by atoms with E-state index in [1.54, 1.807) is 0 Å². The average molecular weight is 294 g/mol. The Bertz CT molecular complexity index is 473. The molecule has 0 aliphatic carbocycles. The normalized spacial score (nSPS) is 11.1. The van der Waals surface area contributed by atoms with Gasteiger partial charge in [-0.05, 0) is 43.4 Å². The zero-order valence-corrected chi connectivity index (χ0v) is 13.3. The van der Waals surface area contributed by atoms with E-state index in [9.17, 15) is 4.79 Å². The van der Waals surface area contributed by atoms with Gasteiger partial charge in [0.1, 0.15) is 5.75 Å². The van der Waals surface area contributed by atoms with Gasteiger partial charge in [0.2, 0.25) is 0 Å². The summed E-state index contributed by atoms with van der Waals surface area (Å²) in [5, 5.41) is 14.6. The fourth-order valence-electron chi connectivity index (χ4n) is 1.88. The molecule has 0 aliphatic heterocycles. The van der Waals surface area contributed by atoms with E-state index in [-0.39, 0.29) is 18.1 Å². The number of aliphatic hydroxyl groups is 1. The lowest BCUT2D eigenvalue weighted by Gasteiger charge is -2.24.